The number of hydrogen-bond acceptors (Lipinski definition) is 4. The highest BCUT2D eigenvalue weighted by Gasteiger charge is 2.08. The highest BCUT2D eigenvalue weighted by Crippen LogP contribution is 2.28. The lowest BCUT2D eigenvalue weighted by Gasteiger charge is -2.12. The first-order chi connectivity index (χ1) is 14.1. The van der Waals surface area contributed by atoms with Crippen molar-refractivity contribution in [1.82, 2.24) is 14.7 Å². The van der Waals surface area contributed by atoms with Crippen molar-refractivity contribution in [2.45, 2.75) is 20.3 Å². The number of amides is 1. The van der Waals surface area contributed by atoms with Gasteiger partial charge in [0.25, 0.3) is 0 Å². The number of pyridine rings is 1. The third kappa shape index (κ3) is 5.29. The number of benzene rings is 1. The van der Waals surface area contributed by atoms with Gasteiger partial charge >= 0.3 is 0 Å². The van der Waals surface area contributed by atoms with E-state index in [2.05, 4.69) is 10.3 Å². The van der Waals surface area contributed by atoms with E-state index in [4.69, 9.17) is 21.1 Å². The molecular formula is C22H24ClN3O3. The fourth-order valence-electron chi connectivity index (χ4n) is 2.93. The second-order valence-corrected chi connectivity index (χ2v) is 6.60. The Labute approximate surface area is 175 Å². The van der Waals surface area contributed by atoms with Gasteiger partial charge in [-0.15, -0.1) is 0 Å². The summed E-state index contributed by atoms with van der Waals surface area (Å²) in [6, 6.07) is 11.5. The van der Waals surface area contributed by atoms with Gasteiger partial charge in [-0.3, -0.25) is 9.20 Å². The average Bonchev–Trinajstić information content (AvgIpc) is 3.03. The number of nitrogens with one attached hydrogen (secondary N) is 1. The molecule has 6 nitrogen and oxygen atoms in total. The van der Waals surface area contributed by atoms with Crippen LogP contribution >= 0.6 is 11.6 Å². The molecule has 0 saturated carbocycles. The lowest BCUT2D eigenvalue weighted by Crippen LogP contribution is -2.23. The minimum Gasteiger partial charge on any atom is -0.490 e. The van der Waals surface area contributed by atoms with E-state index in [1.165, 1.54) is 6.08 Å². The monoisotopic (exact) mass is 413 g/mol. The molecule has 0 aliphatic heterocycles. The van der Waals surface area contributed by atoms with Gasteiger partial charge in [-0.2, -0.15) is 0 Å². The topological polar surface area (TPSA) is 64.9 Å². The highest BCUT2D eigenvalue weighted by molar-refractivity contribution is 6.31. The van der Waals surface area contributed by atoms with Crippen LogP contribution < -0.4 is 14.8 Å². The highest BCUT2D eigenvalue weighted by atomic mass is 35.5. The molecule has 1 N–H and O–H groups in total. The lowest BCUT2D eigenvalue weighted by atomic mass is 10.1. The van der Waals surface area contributed by atoms with Crippen LogP contribution in [0.1, 0.15) is 25.1 Å². The molecule has 0 bridgehead atoms. The molecule has 7 heteroatoms. The lowest BCUT2D eigenvalue weighted by molar-refractivity contribution is -0.116. The number of rotatable bonds is 9. The summed E-state index contributed by atoms with van der Waals surface area (Å²) in [4.78, 5) is 16.4. The van der Waals surface area contributed by atoms with Gasteiger partial charge in [-0.1, -0.05) is 23.7 Å². The second kappa shape index (κ2) is 9.98. The van der Waals surface area contributed by atoms with Gasteiger partial charge in [0.2, 0.25) is 5.91 Å². The van der Waals surface area contributed by atoms with Crippen LogP contribution in [0, 0.1) is 0 Å². The number of imidazole rings is 1. The predicted octanol–water partition coefficient (Wildman–Crippen LogP) is 4.16. The van der Waals surface area contributed by atoms with Crippen LogP contribution in [-0.4, -0.2) is 35.1 Å². The number of carbonyl (C=O) groups excluding carboxylic acids is 1. The van der Waals surface area contributed by atoms with E-state index < -0.39 is 0 Å². The number of hydrogen-bond donors (Lipinski definition) is 1. The number of carbonyl (C=O) groups is 1. The van der Waals surface area contributed by atoms with Gasteiger partial charge in [0.05, 0.1) is 18.9 Å². The first kappa shape index (κ1) is 20.7. The first-order valence-electron chi connectivity index (χ1n) is 9.59. The smallest absolute Gasteiger partial charge is 0.244 e. The molecule has 3 rings (SSSR count). The van der Waals surface area contributed by atoms with Crippen molar-refractivity contribution in [1.29, 1.82) is 0 Å². The summed E-state index contributed by atoms with van der Waals surface area (Å²) in [5.41, 5.74) is 2.47. The molecule has 2 aromatic heterocycles. The normalized spacial score (nSPS) is 11.1. The molecule has 0 unspecified atom stereocenters. The zero-order chi connectivity index (χ0) is 20.6. The molecule has 0 fully saturated rings. The Hall–Kier alpha value is -2.99. The summed E-state index contributed by atoms with van der Waals surface area (Å²) in [5.74, 6) is 1.26. The average molecular weight is 414 g/mol. The fourth-order valence-corrected chi connectivity index (χ4v) is 3.17. The molecule has 0 radical (unpaired) electrons. The number of halogens is 1. The Bertz CT molecular complexity index is 1010. The molecule has 0 aliphatic carbocycles. The van der Waals surface area contributed by atoms with Gasteiger partial charge < -0.3 is 14.8 Å². The zero-order valence-corrected chi connectivity index (χ0v) is 17.3. The van der Waals surface area contributed by atoms with Crippen molar-refractivity contribution in [2.75, 3.05) is 19.8 Å². The standard InChI is InChI=1S/C22H24ClN3O3/c1-3-28-18-10-8-16(15-19(18)29-4-2)12-13-24-21(27)11-9-17-22(23)25-20-7-5-6-14-26(17)20/h5-11,14-15H,3-4,12-13H2,1-2H3,(H,24,27)/b11-9+. The molecule has 1 amide bonds. The van der Waals surface area contributed by atoms with Crippen LogP contribution in [-0.2, 0) is 11.2 Å². The fraction of sp³-hybridized carbons (Fsp3) is 0.273. The first-order valence-corrected chi connectivity index (χ1v) is 9.97. The Morgan fingerprint density at radius 2 is 1.97 bits per heavy atom. The number of fused-ring (bicyclic) bond motifs is 1. The van der Waals surface area contributed by atoms with Gasteiger partial charge in [-0.05, 0) is 56.2 Å². The predicted molar refractivity (Wildman–Crippen MR) is 115 cm³/mol. The second-order valence-electron chi connectivity index (χ2n) is 6.24. The molecule has 0 saturated heterocycles. The Morgan fingerprint density at radius 1 is 1.17 bits per heavy atom. The summed E-state index contributed by atoms with van der Waals surface area (Å²) in [7, 11) is 0. The Balaban J connectivity index is 1.57. The number of nitrogens with zero attached hydrogens (tertiary/aromatic N) is 2. The van der Waals surface area contributed by atoms with Crippen molar-refractivity contribution in [3.05, 3.63) is 65.1 Å². The summed E-state index contributed by atoms with van der Waals surface area (Å²) < 4.78 is 13.0. The van der Waals surface area contributed by atoms with Crippen LogP contribution in [0.25, 0.3) is 11.7 Å². The molecule has 1 aromatic carbocycles. The maximum Gasteiger partial charge on any atom is 0.244 e. The van der Waals surface area contributed by atoms with Crippen molar-refractivity contribution in [2.24, 2.45) is 0 Å². The summed E-state index contributed by atoms with van der Waals surface area (Å²) in [6.07, 6.45) is 5.67. The molecule has 2 heterocycles. The Kier molecular flexibility index (Phi) is 7.14. The maximum atomic E-state index is 12.2. The third-order valence-electron chi connectivity index (χ3n) is 4.24. The summed E-state index contributed by atoms with van der Waals surface area (Å²) >= 11 is 6.17. The van der Waals surface area contributed by atoms with Gasteiger partial charge in [0.1, 0.15) is 5.65 Å². The molecule has 0 aliphatic rings. The van der Waals surface area contributed by atoms with Crippen molar-refractivity contribution in [3.63, 3.8) is 0 Å². The van der Waals surface area contributed by atoms with Crippen LogP contribution in [0.5, 0.6) is 11.5 Å². The molecule has 152 valence electrons. The van der Waals surface area contributed by atoms with E-state index in [0.29, 0.717) is 37.0 Å². The number of aromatic nitrogens is 2. The van der Waals surface area contributed by atoms with Crippen molar-refractivity contribution < 1.29 is 14.3 Å². The van der Waals surface area contributed by atoms with Gasteiger partial charge in [0, 0.05) is 18.8 Å². The van der Waals surface area contributed by atoms with E-state index in [9.17, 15) is 4.79 Å². The molecule has 29 heavy (non-hydrogen) atoms. The quantitative estimate of drug-likeness (QED) is 0.535. The van der Waals surface area contributed by atoms with Gasteiger partial charge in [-0.25, -0.2) is 4.98 Å². The SMILES string of the molecule is CCOc1ccc(CCNC(=O)/C=C/c2c(Cl)nc3ccccn23)cc1OCC. The van der Waals surface area contributed by atoms with Crippen LogP contribution in [0.4, 0.5) is 0 Å². The zero-order valence-electron chi connectivity index (χ0n) is 16.5. The van der Waals surface area contributed by atoms with E-state index >= 15 is 0 Å². The largest absolute Gasteiger partial charge is 0.490 e. The molecular weight excluding hydrogens is 390 g/mol. The summed E-state index contributed by atoms with van der Waals surface area (Å²) in [5, 5.41) is 3.24. The Morgan fingerprint density at radius 3 is 2.76 bits per heavy atom. The molecule has 3 aromatic rings. The molecule has 0 spiro atoms. The van der Waals surface area contributed by atoms with E-state index in [1.54, 1.807) is 6.08 Å². The van der Waals surface area contributed by atoms with E-state index in [1.807, 2.05) is 60.8 Å². The maximum absolute atomic E-state index is 12.2. The van der Waals surface area contributed by atoms with Gasteiger partial charge in [0.15, 0.2) is 16.7 Å². The number of ether oxygens (including phenoxy) is 2. The van der Waals surface area contributed by atoms with Crippen molar-refractivity contribution >= 4 is 29.2 Å². The minimum absolute atomic E-state index is 0.192. The minimum atomic E-state index is -0.192. The van der Waals surface area contributed by atoms with E-state index in [-0.39, 0.29) is 5.91 Å². The van der Waals surface area contributed by atoms with Crippen LogP contribution in [0.3, 0.4) is 0 Å². The van der Waals surface area contributed by atoms with Crippen molar-refractivity contribution in [3.8, 4) is 11.5 Å². The van der Waals surface area contributed by atoms with Crippen LogP contribution in [0.2, 0.25) is 5.15 Å². The molecule has 0 atom stereocenters. The summed E-state index contributed by atoms with van der Waals surface area (Å²) in [6.45, 7) is 5.52. The van der Waals surface area contributed by atoms with E-state index in [0.717, 1.165) is 22.7 Å². The van der Waals surface area contributed by atoms with Crippen LogP contribution in [0.15, 0.2) is 48.7 Å². The third-order valence-corrected chi connectivity index (χ3v) is 4.51.